The molecule has 3 rings (SSSR count). The summed E-state index contributed by atoms with van der Waals surface area (Å²) in [5.41, 5.74) is 7.31. The monoisotopic (exact) mass is 267 g/mol. The number of nitrogens with zero attached hydrogens (tertiary/aromatic N) is 2. The van der Waals surface area contributed by atoms with Crippen LogP contribution in [-0.4, -0.2) is 10.2 Å². The van der Waals surface area contributed by atoms with Crippen molar-refractivity contribution in [2.75, 3.05) is 5.73 Å². The van der Waals surface area contributed by atoms with Gasteiger partial charge < -0.3 is 14.9 Å². The average molecular weight is 267 g/mol. The van der Waals surface area contributed by atoms with Crippen molar-refractivity contribution in [3.8, 4) is 17.2 Å². The smallest absolute Gasteiger partial charge is 0.313 e. The molecule has 0 aliphatic carbocycles. The maximum atomic E-state index is 5.74. The second kappa shape index (κ2) is 5.44. The van der Waals surface area contributed by atoms with E-state index >= 15 is 0 Å². The van der Waals surface area contributed by atoms with Crippen LogP contribution in [0.3, 0.4) is 0 Å². The summed E-state index contributed by atoms with van der Waals surface area (Å²) in [7, 11) is 0. The Morgan fingerprint density at radius 1 is 1.00 bits per heavy atom. The van der Waals surface area contributed by atoms with E-state index in [1.165, 1.54) is 0 Å². The Kier molecular flexibility index (Phi) is 3.33. The van der Waals surface area contributed by atoms with Gasteiger partial charge in [0.25, 0.3) is 0 Å². The van der Waals surface area contributed by atoms with Gasteiger partial charge in [-0.15, -0.1) is 5.10 Å². The normalized spacial score (nSPS) is 10.4. The largest absolute Gasteiger partial charge is 0.489 e. The maximum Gasteiger partial charge on any atom is 0.313 e. The molecule has 0 atom stereocenters. The predicted molar refractivity (Wildman–Crippen MR) is 74.9 cm³/mol. The Hall–Kier alpha value is -2.82. The zero-order chi connectivity index (χ0) is 13.8. The van der Waals surface area contributed by atoms with E-state index in [1.807, 2.05) is 54.6 Å². The second-order valence-electron chi connectivity index (χ2n) is 4.25. The molecule has 100 valence electrons. The SMILES string of the molecule is Nc1nnc(-c2cccc(OCc3ccccc3)c2)o1. The lowest BCUT2D eigenvalue weighted by Crippen LogP contribution is -1.95. The third kappa shape index (κ3) is 2.77. The Bertz CT molecular complexity index is 695. The predicted octanol–water partition coefficient (Wildman–Crippen LogP) is 2.90. The van der Waals surface area contributed by atoms with Gasteiger partial charge in [-0.2, -0.15) is 0 Å². The first kappa shape index (κ1) is 12.2. The molecule has 0 bridgehead atoms. The first-order valence-corrected chi connectivity index (χ1v) is 6.17. The van der Waals surface area contributed by atoms with Gasteiger partial charge in [0, 0.05) is 5.56 Å². The van der Waals surface area contributed by atoms with Crippen LogP contribution in [-0.2, 0) is 6.61 Å². The minimum atomic E-state index is 0.0515. The van der Waals surface area contributed by atoms with Gasteiger partial charge in [-0.1, -0.05) is 41.5 Å². The van der Waals surface area contributed by atoms with Crippen LogP contribution >= 0.6 is 0 Å². The van der Waals surface area contributed by atoms with E-state index in [-0.39, 0.29) is 6.01 Å². The third-order valence-electron chi connectivity index (χ3n) is 2.77. The van der Waals surface area contributed by atoms with E-state index in [1.54, 1.807) is 0 Å². The number of hydrogen-bond acceptors (Lipinski definition) is 5. The number of aromatic nitrogens is 2. The van der Waals surface area contributed by atoms with E-state index < -0.39 is 0 Å². The second-order valence-corrected chi connectivity index (χ2v) is 4.25. The lowest BCUT2D eigenvalue weighted by atomic mass is 10.2. The number of rotatable bonds is 4. The van der Waals surface area contributed by atoms with Crippen molar-refractivity contribution in [3.63, 3.8) is 0 Å². The minimum Gasteiger partial charge on any atom is -0.489 e. The zero-order valence-corrected chi connectivity index (χ0v) is 10.7. The molecule has 5 nitrogen and oxygen atoms in total. The Labute approximate surface area is 116 Å². The molecule has 3 aromatic rings. The van der Waals surface area contributed by atoms with Crippen LogP contribution in [0.15, 0.2) is 59.0 Å². The maximum absolute atomic E-state index is 5.74. The van der Waals surface area contributed by atoms with Crippen molar-refractivity contribution in [2.45, 2.75) is 6.61 Å². The molecular weight excluding hydrogens is 254 g/mol. The van der Waals surface area contributed by atoms with E-state index in [0.717, 1.165) is 16.9 Å². The van der Waals surface area contributed by atoms with Crippen molar-refractivity contribution >= 4 is 6.01 Å². The number of ether oxygens (including phenoxy) is 1. The van der Waals surface area contributed by atoms with Crippen LogP contribution in [0.4, 0.5) is 6.01 Å². The number of nitrogen functional groups attached to an aromatic ring is 1. The molecule has 20 heavy (non-hydrogen) atoms. The number of anilines is 1. The molecule has 0 saturated carbocycles. The number of hydrogen-bond donors (Lipinski definition) is 1. The fraction of sp³-hybridized carbons (Fsp3) is 0.0667. The standard InChI is InChI=1S/C15H13N3O2/c16-15-18-17-14(20-15)12-7-4-8-13(9-12)19-10-11-5-2-1-3-6-11/h1-9H,10H2,(H2,16,18). The molecule has 0 spiro atoms. The van der Waals surface area contributed by atoms with E-state index in [4.69, 9.17) is 14.9 Å². The lowest BCUT2D eigenvalue weighted by molar-refractivity contribution is 0.306. The highest BCUT2D eigenvalue weighted by Gasteiger charge is 2.07. The van der Waals surface area contributed by atoms with Crippen molar-refractivity contribution in [1.29, 1.82) is 0 Å². The van der Waals surface area contributed by atoms with Crippen molar-refractivity contribution in [1.82, 2.24) is 10.2 Å². The summed E-state index contributed by atoms with van der Waals surface area (Å²) in [6.07, 6.45) is 0. The van der Waals surface area contributed by atoms with Gasteiger partial charge in [0.05, 0.1) is 0 Å². The highest BCUT2D eigenvalue weighted by Crippen LogP contribution is 2.23. The molecule has 1 aromatic heterocycles. The quantitative estimate of drug-likeness (QED) is 0.786. The molecule has 2 aromatic carbocycles. The van der Waals surface area contributed by atoms with Gasteiger partial charge in [0.1, 0.15) is 12.4 Å². The first-order chi connectivity index (χ1) is 9.81. The lowest BCUT2D eigenvalue weighted by Gasteiger charge is -2.06. The van der Waals surface area contributed by atoms with Gasteiger partial charge in [-0.25, -0.2) is 0 Å². The summed E-state index contributed by atoms with van der Waals surface area (Å²) < 4.78 is 10.9. The zero-order valence-electron chi connectivity index (χ0n) is 10.7. The van der Waals surface area contributed by atoms with Crippen LogP contribution in [0.5, 0.6) is 5.75 Å². The average Bonchev–Trinajstić information content (AvgIpc) is 2.93. The summed E-state index contributed by atoms with van der Waals surface area (Å²) >= 11 is 0. The summed E-state index contributed by atoms with van der Waals surface area (Å²) in [5, 5.41) is 7.48. The molecule has 1 heterocycles. The molecule has 5 heteroatoms. The first-order valence-electron chi connectivity index (χ1n) is 6.17. The van der Waals surface area contributed by atoms with E-state index in [9.17, 15) is 0 Å². The van der Waals surface area contributed by atoms with Crippen molar-refractivity contribution < 1.29 is 9.15 Å². The summed E-state index contributed by atoms with van der Waals surface area (Å²) in [6, 6.07) is 17.5. The highest BCUT2D eigenvalue weighted by molar-refractivity contribution is 5.55. The van der Waals surface area contributed by atoms with Crippen molar-refractivity contribution in [3.05, 3.63) is 60.2 Å². The Balaban J connectivity index is 1.75. The molecule has 0 aliphatic rings. The van der Waals surface area contributed by atoms with Crippen LogP contribution in [0.2, 0.25) is 0 Å². The molecule has 0 unspecified atom stereocenters. The van der Waals surface area contributed by atoms with Gasteiger partial charge >= 0.3 is 6.01 Å². The fourth-order valence-electron chi connectivity index (χ4n) is 1.81. The minimum absolute atomic E-state index is 0.0515. The van der Waals surface area contributed by atoms with Crippen LogP contribution < -0.4 is 10.5 Å². The van der Waals surface area contributed by atoms with Crippen LogP contribution in [0.25, 0.3) is 11.5 Å². The number of nitrogens with two attached hydrogens (primary N) is 1. The number of benzene rings is 2. The third-order valence-corrected chi connectivity index (χ3v) is 2.77. The summed E-state index contributed by atoms with van der Waals surface area (Å²) in [5.74, 6) is 1.12. The van der Waals surface area contributed by atoms with E-state index in [2.05, 4.69) is 10.2 Å². The van der Waals surface area contributed by atoms with Crippen LogP contribution in [0.1, 0.15) is 5.56 Å². The van der Waals surface area contributed by atoms with Gasteiger partial charge in [0.2, 0.25) is 5.89 Å². The molecule has 0 radical (unpaired) electrons. The highest BCUT2D eigenvalue weighted by atomic mass is 16.5. The molecule has 0 saturated heterocycles. The van der Waals surface area contributed by atoms with Gasteiger partial charge in [0.15, 0.2) is 0 Å². The Morgan fingerprint density at radius 2 is 1.85 bits per heavy atom. The summed E-state index contributed by atoms with van der Waals surface area (Å²) in [6.45, 7) is 0.510. The topological polar surface area (TPSA) is 74.2 Å². The molecule has 0 amide bonds. The molecule has 0 fully saturated rings. The molecule has 2 N–H and O–H groups in total. The van der Waals surface area contributed by atoms with Crippen molar-refractivity contribution in [2.24, 2.45) is 0 Å². The fourth-order valence-corrected chi connectivity index (χ4v) is 1.81. The molecule has 0 aliphatic heterocycles. The van der Waals surface area contributed by atoms with Crippen LogP contribution in [0, 0.1) is 0 Å². The Morgan fingerprint density at radius 3 is 2.60 bits per heavy atom. The molecular formula is C15H13N3O2. The van der Waals surface area contributed by atoms with Gasteiger partial charge in [-0.3, -0.25) is 0 Å². The van der Waals surface area contributed by atoms with Gasteiger partial charge in [-0.05, 0) is 23.8 Å². The van der Waals surface area contributed by atoms with E-state index in [0.29, 0.717) is 12.5 Å². The summed E-state index contributed by atoms with van der Waals surface area (Å²) in [4.78, 5) is 0.